The molecule has 1 aliphatic heterocycles. The quantitative estimate of drug-likeness (QED) is 0.643. The molecule has 1 fully saturated rings. The minimum atomic E-state index is -1.29. The summed E-state index contributed by atoms with van der Waals surface area (Å²) in [6.07, 6.45) is 0. The highest BCUT2D eigenvalue weighted by molar-refractivity contribution is 5.14. The van der Waals surface area contributed by atoms with Crippen LogP contribution in [0.4, 0.5) is 0 Å². The van der Waals surface area contributed by atoms with Crippen molar-refractivity contribution >= 4 is 0 Å². The van der Waals surface area contributed by atoms with Gasteiger partial charge in [0, 0.05) is 24.6 Å². The molecule has 1 aliphatic rings. The molecule has 0 aromatic heterocycles. The summed E-state index contributed by atoms with van der Waals surface area (Å²) in [5, 5.41) is 21.2. The molecule has 0 saturated carbocycles. The Balaban J connectivity index is 2.17. The lowest BCUT2D eigenvalue weighted by Crippen LogP contribution is -2.55. The first kappa shape index (κ1) is 15.9. The van der Waals surface area contributed by atoms with E-state index in [9.17, 15) is 15.2 Å². The fourth-order valence-corrected chi connectivity index (χ4v) is 2.84. The fourth-order valence-electron chi connectivity index (χ4n) is 2.84. The summed E-state index contributed by atoms with van der Waals surface area (Å²) in [6.45, 7) is 5.15. The molecule has 6 heteroatoms. The van der Waals surface area contributed by atoms with E-state index >= 15 is 0 Å². The lowest BCUT2D eigenvalue weighted by atomic mass is 10.0. The molecule has 6 nitrogen and oxygen atoms in total. The highest BCUT2D eigenvalue weighted by Gasteiger charge is 2.46. The standard InChI is InChI=1S/C15H23N3O3/c1-2-16-8-9-17(10-14-6-4-3-5-7-14)12-15(11-16,13-19)18(20)21/h3-7,19H,2,8-13H2,1H3. The van der Waals surface area contributed by atoms with E-state index in [0.29, 0.717) is 13.1 Å². The van der Waals surface area contributed by atoms with Crippen molar-refractivity contribution in [2.45, 2.75) is 19.0 Å². The fraction of sp³-hybridized carbons (Fsp3) is 0.600. The summed E-state index contributed by atoms with van der Waals surface area (Å²) in [7, 11) is 0. The van der Waals surface area contributed by atoms with Crippen molar-refractivity contribution in [2.24, 2.45) is 0 Å². The lowest BCUT2D eigenvalue weighted by molar-refractivity contribution is -0.573. The van der Waals surface area contributed by atoms with Crippen LogP contribution < -0.4 is 0 Å². The largest absolute Gasteiger partial charge is 0.389 e. The second kappa shape index (κ2) is 6.98. The highest BCUT2D eigenvalue weighted by Crippen LogP contribution is 2.19. The van der Waals surface area contributed by atoms with Gasteiger partial charge in [-0.05, 0) is 12.1 Å². The summed E-state index contributed by atoms with van der Waals surface area (Å²) in [5.41, 5.74) is -0.154. The Bertz CT molecular complexity index is 468. The second-order valence-electron chi connectivity index (χ2n) is 5.70. The maximum Gasteiger partial charge on any atom is 0.269 e. The van der Waals surface area contributed by atoms with E-state index in [4.69, 9.17) is 0 Å². The van der Waals surface area contributed by atoms with Crippen LogP contribution in [-0.2, 0) is 6.54 Å². The molecule has 1 N–H and O–H groups in total. The molecule has 1 heterocycles. The van der Waals surface area contributed by atoms with Crippen molar-refractivity contribution in [1.29, 1.82) is 0 Å². The van der Waals surface area contributed by atoms with Crippen LogP contribution in [-0.4, -0.2) is 64.7 Å². The maximum absolute atomic E-state index is 11.5. The van der Waals surface area contributed by atoms with Gasteiger partial charge in [0.1, 0.15) is 6.61 Å². The smallest absolute Gasteiger partial charge is 0.269 e. The van der Waals surface area contributed by atoms with Gasteiger partial charge in [-0.1, -0.05) is 37.3 Å². The van der Waals surface area contributed by atoms with E-state index in [1.165, 1.54) is 0 Å². The maximum atomic E-state index is 11.5. The number of benzene rings is 1. The third-order valence-corrected chi connectivity index (χ3v) is 4.15. The van der Waals surface area contributed by atoms with Crippen molar-refractivity contribution in [3.05, 3.63) is 46.0 Å². The van der Waals surface area contributed by atoms with Gasteiger partial charge in [-0.2, -0.15) is 0 Å². The normalized spacial score (nSPS) is 24.7. The van der Waals surface area contributed by atoms with Crippen LogP contribution in [0.2, 0.25) is 0 Å². The molecule has 21 heavy (non-hydrogen) atoms. The highest BCUT2D eigenvalue weighted by atomic mass is 16.6. The molecule has 1 unspecified atom stereocenters. The summed E-state index contributed by atoms with van der Waals surface area (Å²) < 4.78 is 0. The number of aliphatic hydroxyl groups excluding tert-OH is 1. The van der Waals surface area contributed by atoms with Crippen molar-refractivity contribution in [1.82, 2.24) is 9.80 Å². The average Bonchev–Trinajstić information content (AvgIpc) is 2.68. The number of hydrogen-bond donors (Lipinski definition) is 1. The zero-order valence-electron chi connectivity index (χ0n) is 12.4. The van der Waals surface area contributed by atoms with Crippen LogP contribution in [0.5, 0.6) is 0 Å². The van der Waals surface area contributed by atoms with Crippen LogP contribution in [0.3, 0.4) is 0 Å². The van der Waals surface area contributed by atoms with Crippen LogP contribution in [0.25, 0.3) is 0 Å². The first-order chi connectivity index (χ1) is 10.1. The molecule has 0 radical (unpaired) electrons. The Hall–Kier alpha value is -1.50. The third kappa shape index (κ3) is 3.78. The Kier molecular flexibility index (Phi) is 5.27. The number of nitro groups is 1. The van der Waals surface area contributed by atoms with E-state index in [0.717, 1.165) is 25.2 Å². The monoisotopic (exact) mass is 293 g/mol. The van der Waals surface area contributed by atoms with Gasteiger partial charge >= 0.3 is 0 Å². The molecule has 0 amide bonds. The van der Waals surface area contributed by atoms with Gasteiger partial charge in [0.05, 0.1) is 13.1 Å². The molecule has 2 rings (SSSR count). The van der Waals surface area contributed by atoms with Crippen molar-refractivity contribution in [3.8, 4) is 0 Å². The Morgan fingerprint density at radius 2 is 1.86 bits per heavy atom. The topological polar surface area (TPSA) is 69.8 Å². The van der Waals surface area contributed by atoms with Crippen LogP contribution >= 0.6 is 0 Å². The van der Waals surface area contributed by atoms with Crippen molar-refractivity contribution < 1.29 is 10.0 Å². The summed E-state index contributed by atoms with van der Waals surface area (Å²) in [5.74, 6) is 0. The molecule has 1 aromatic carbocycles. The molecule has 116 valence electrons. The van der Waals surface area contributed by atoms with E-state index in [1.807, 2.05) is 42.2 Å². The first-order valence-corrected chi connectivity index (χ1v) is 7.33. The second-order valence-corrected chi connectivity index (χ2v) is 5.70. The Labute approximate surface area is 125 Å². The molecular formula is C15H23N3O3. The molecule has 0 aliphatic carbocycles. The van der Waals surface area contributed by atoms with Gasteiger partial charge in [-0.3, -0.25) is 19.9 Å². The van der Waals surface area contributed by atoms with Crippen molar-refractivity contribution in [3.63, 3.8) is 0 Å². The molecule has 1 aromatic rings. The third-order valence-electron chi connectivity index (χ3n) is 4.15. The summed E-state index contributed by atoms with van der Waals surface area (Å²) in [4.78, 5) is 15.3. The average molecular weight is 293 g/mol. The number of likely N-dealkylation sites (N-methyl/N-ethyl adjacent to an activating group) is 1. The summed E-state index contributed by atoms with van der Waals surface area (Å²) in [6, 6.07) is 9.95. The van der Waals surface area contributed by atoms with Crippen molar-refractivity contribution in [2.75, 3.05) is 39.3 Å². The number of aliphatic hydroxyl groups is 1. The predicted octanol–water partition coefficient (Wildman–Crippen LogP) is 0.832. The van der Waals surface area contributed by atoms with E-state index in [-0.39, 0.29) is 11.5 Å². The Morgan fingerprint density at radius 3 is 2.43 bits per heavy atom. The lowest BCUT2D eigenvalue weighted by Gasteiger charge is -2.28. The van der Waals surface area contributed by atoms with Gasteiger partial charge in [-0.15, -0.1) is 0 Å². The first-order valence-electron chi connectivity index (χ1n) is 7.33. The molecule has 1 atom stereocenters. The number of nitrogens with zero attached hydrogens (tertiary/aromatic N) is 3. The SMILES string of the molecule is CCN1CCN(Cc2ccccc2)CC(CO)([N+](=O)[O-])C1. The zero-order valence-corrected chi connectivity index (χ0v) is 12.4. The van der Waals surface area contributed by atoms with E-state index < -0.39 is 12.1 Å². The van der Waals surface area contributed by atoms with E-state index in [2.05, 4.69) is 4.90 Å². The number of hydrogen-bond acceptors (Lipinski definition) is 5. The minimum absolute atomic E-state index is 0.280. The van der Waals surface area contributed by atoms with Gasteiger partial charge < -0.3 is 5.11 Å². The Morgan fingerprint density at radius 1 is 1.24 bits per heavy atom. The van der Waals surface area contributed by atoms with Gasteiger partial charge in [-0.25, -0.2) is 0 Å². The predicted molar refractivity (Wildman–Crippen MR) is 80.6 cm³/mol. The van der Waals surface area contributed by atoms with Gasteiger partial charge in [0.2, 0.25) is 0 Å². The molecule has 0 bridgehead atoms. The number of rotatable bonds is 5. The van der Waals surface area contributed by atoms with E-state index in [1.54, 1.807) is 0 Å². The molecular weight excluding hydrogens is 270 g/mol. The molecule has 0 spiro atoms. The van der Waals surface area contributed by atoms with Crippen LogP contribution in [0.1, 0.15) is 12.5 Å². The van der Waals surface area contributed by atoms with Gasteiger partial charge in [0.15, 0.2) is 0 Å². The molecule has 1 saturated heterocycles. The zero-order chi connectivity index (χ0) is 15.3. The van der Waals surface area contributed by atoms with Crippen LogP contribution in [0.15, 0.2) is 30.3 Å². The minimum Gasteiger partial charge on any atom is -0.389 e. The summed E-state index contributed by atoms with van der Waals surface area (Å²) >= 11 is 0. The van der Waals surface area contributed by atoms with Crippen LogP contribution in [0, 0.1) is 10.1 Å². The van der Waals surface area contributed by atoms with Gasteiger partial charge in [0.25, 0.3) is 5.54 Å².